The van der Waals surface area contributed by atoms with Gasteiger partial charge in [-0.3, -0.25) is 9.59 Å². The number of fused-ring (bicyclic) bond motifs is 3. The largest absolute Gasteiger partial charge is 0.503 e. The molecule has 3 rings (SSSR count). The second-order valence-corrected chi connectivity index (χ2v) is 6.46. The lowest BCUT2D eigenvalue weighted by Gasteiger charge is -2.20. The highest BCUT2D eigenvalue weighted by molar-refractivity contribution is 6.19. The van der Waals surface area contributed by atoms with Crippen molar-refractivity contribution >= 4 is 41.0 Å². The minimum atomic E-state index is -0.789. The normalized spacial score (nSPS) is 25.9. The van der Waals surface area contributed by atoms with E-state index in [0.717, 1.165) is 0 Å². The SMILES string of the molecule is Nc1cc[n+]2c(n1)O[C@@H]1[C@H](OC(=O)CCCl)[C@@H](COC(=O)CCCl)O[C@H]12. The van der Waals surface area contributed by atoms with Crippen LogP contribution >= 0.6 is 23.2 Å². The minimum absolute atomic E-state index is 0.0412. The van der Waals surface area contributed by atoms with Crippen molar-refractivity contribution in [1.29, 1.82) is 0 Å². The van der Waals surface area contributed by atoms with Gasteiger partial charge in [0.25, 0.3) is 0 Å². The van der Waals surface area contributed by atoms with Crippen LogP contribution in [-0.4, -0.2) is 53.6 Å². The summed E-state index contributed by atoms with van der Waals surface area (Å²) >= 11 is 11.1. The minimum Gasteiger partial charge on any atom is -0.463 e. The Balaban J connectivity index is 1.75. The zero-order valence-electron chi connectivity index (χ0n) is 13.7. The molecule has 0 aromatic carbocycles. The van der Waals surface area contributed by atoms with Gasteiger partial charge in [-0.1, -0.05) is 0 Å². The van der Waals surface area contributed by atoms with E-state index in [1.165, 1.54) is 0 Å². The van der Waals surface area contributed by atoms with Gasteiger partial charge in [0.1, 0.15) is 18.9 Å². The third-order valence-electron chi connectivity index (χ3n) is 3.93. The Kier molecular flexibility index (Phi) is 6.00. The topological polar surface area (TPSA) is 114 Å². The molecule has 0 aliphatic carbocycles. The molecule has 0 radical (unpaired) electrons. The third kappa shape index (κ3) is 3.94. The Labute approximate surface area is 159 Å². The van der Waals surface area contributed by atoms with E-state index in [4.69, 9.17) is 47.9 Å². The highest BCUT2D eigenvalue weighted by Gasteiger charge is 2.58. The van der Waals surface area contributed by atoms with E-state index in [2.05, 4.69) is 4.98 Å². The lowest BCUT2D eigenvalue weighted by Crippen LogP contribution is -2.41. The van der Waals surface area contributed by atoms with Gasteiger partial charge < -0.3 is 24.7 Å². The Morgan fingerprint density at radius 1 is 1.27 bits per heavy atom. The predicted octanol–water partition coefficient (Wildman–Crippen LogP) is 0.323. The smallest absolute Gasteiger partial charge is 0.463 e. The van der Waals surface area contributed by atoms with Crippen molar-refractivity contribution in [1.82, 2.24) is 4.98 Å². The lowest BCUT2D eigenvalue weighted by atomic mass is 10.1. The average molecular weight is 407 g/mol. The summed E-state index contributed by atoms with van der Waals surface area (Å²) in [6.07, 6.45) is -0.913. The van der Waals surface area contributed by atoms with Gasteiger partial charge in [-0.2, -0.15) is 4.57 Å². The fourth-order valence-electron chi connectivity index (χ4n) is 2.77. The van der Waals surface area contributed by atoms with Gasteiger partial charge in [-0.15, -0.1) is 23.2 Å². The number of carbonyl (C=O) groups is 2. The Morgan fingerprint density at radius 3 is 2.73 bits per heavy atom. The molecule has 4 atom stereocenters. The first-order valence-corrected chi connectivity index (χ1v) is 9.07. The number of nitrogens with two attached hydrogens (primary N) is 1. The summed E-state index contributed by atoms with van der Waals surface area (Å²) in [6.45, 7) is -0.0940. The molecule has 2 N–H and O–H groups in total. The summed E-state index contributed by atoms with van der Waals surface area (Å²) in [5, 5.41) is 0. The van der Waals surface area contributed by atoms with Gasteiger partial charge in [0, 0.05) is 22.8 Å². The zero-order chi connectivity index (χ0) is 18.7. The van der Waals surface area contributed by atoms with Crippen molar-refractivity contribution in [2.75, 3.05) is 24.1 Å². The number of halogens is 2. The van der Waals surface area contributed by atoms with Gasteiger partial charge in [0.05, 0.1) is 12.8 Å². The number of rotatable bonds is 7. The van der Waals surface area contributed by atoms with E-state index in [-0.39, 0.29) is 37.2 Å². The maximum atomic E-state index is 11.9. The number of hydrogen-bond acceptors (Lipinski definition) is 8. The second kappa shape index (κ2) is 8.24. The lowest BCUT2D eigenvalue weighted by molar-refractivity contribution is -0.746. The number of carbonyl (C=O) groups excluding carboxylic acids is 2. The number of alkyl halides is 2. The molecule has 0 unspecified atom stereocenters. The van der Waals surface area contributed by atoms with E-state index in [9.17, 15) is 9.59 Å². The van der Waals surface area contributed by atoms with Crippen LogP contribution in [0.25, 0.3) is 0 Å². The van der Waals surface area contributed by atoms with Crippen molar-refractivity contribution < 1.29 is 33.1 Å². The number of nitrogens with zero attached hydrogens (tertiary/aromatic N) is 2. The van der Waals surface area contributed by atoms with Gasteiger partial charge in [0.2, 0.25) is 18.1 Å². The van der Waals surface area contributed by atoms with Crippen LogP contribution in [0.3, 0.4) is 0 Å². The maximum Gasteiger partial charge on any atom is 0.503 e. The Morgan fingerprint density at radius 2 is 2.00 bits per heavy atom. The summed E-state index contributed by atoms with van der Waals surface area (Å²) < 4.78 is 23.9. The zero-order valence-corrected chi connectivity index (χ0v) is 15.2. The molecule has 1 saturated heterocycles. The fourth-order valence-corrected chi connectivity index (χ4v) is 3.08. The molecular formula is C15H18Cl2N3O6+. The van der Waals surface area contributed by atoms with Crippen LogP contribution in [0.2, 0.25) is 0 Å². The highest BCUT2D eigenvalue weighted by Crippen LogP contribution is 2.36. The van der Waals surface area contributed by atoms with E-state index < -0.39 is 36.5 Å². The molecule has 0 bridgehead atoms. The van der Waals surface area contributed by atoms with Crippen LogP contribution < -0.4 is 15.0 Å². The maximum absolute atomic E-state index is 11.9. The van der Waals surface area contributed by atoms with Crippen molar-refractivity contribution in [3.8, 4) is 6.01 Å². The van der Waals surface area contributed by atoms with Gasteiger partial charge >= 0.3 is 17.9 Å². The molecule has 1 aromatic heterocycles. The summed E-state index contributed by atoms with van der Waals surface area (Å²) in [6, 6.07) is 1.86. The first-order chi connectivity index (χ1) is 12.5. The van der Waals surface area contributed by atoms with Crippen LogP contribution in [0.5, 0.6) is 6.01 Å². The number of ether oxygens (including phenoxy) is 4. The van der Waals surface area contributed by atoms with Crippen LogP contribution in [-0.2, 0) is 23.8 Å². The molecule has 0 saturated carbocycles. The molecule has 3 heterocycles. The molecular weight excluding hydrogens is 389 g/mol. The van der Waals surface area contributed by atoms with Gasteiger partial charge in [0.15, 0.2) is 6.10 Å². The number of anilines is 1. The number of nitrogen functional groups attached to an aromatic ring is 1. The molecule has 2 aliphatic rings. The first kappa shape index (κ1) is 18.9. The Bertz CT molecular complexity index is 691. The number of aromatic nitrogens is 2. The monoisotopic (exact) mass is 406 g/mol. The molecule has 1 fully saturated rings. The molecule has 11 heteroatoms. The van der Waals surface area contributed by atoms with Crippen LogP contribution in [0, 0.1) is 0 Å². The van der Waals surface area contributed by atoms with Gasteiger partial charge in [-0.25, -0.2) is 0 Å². The van der Waals surface area contributed by atoms with E-state index in [0.29, 0.717) is 5.82 Å². The summed E-state index contributed by atoms with van der Waals surface area (Å²) in [5.74, 6) is -0.385. The number of hydrogen-bond donors (Lipinski definition) is 1. The number of esters is 2. The first-order valence-electron chi connectivity index (χ1n) is 8.00. The van der Waals surface area contributed by atoms with Crippen molar-refractivity contribution in [3.63, 3.8) is 0 Å². The van der Waals surface area contributed by atoms with Crippen LogP contribution in [0.1, 0.15) is 19.1 Å². The molecule has 9 nitrogen and oxygen atoms in total. The van der Waals surface area contributed by atoms with E-state index in [1.54, 1.807) is 16.8 Å². The van der Waals surface area contributed by atoms with Crippen molar-refractivity contribution in [3.05, 3.63) is 12.3 Å². The highest BCUT2D eigenvalue weighted by atomic mass is 35.5. The molecule has 0 amide bonds. The quantitative estimate of drug-likeness (QED) is 0.391. The molecule has 2 aliphatic heterocycles. The Hall–Kier alpha value is -1.84. The van der Waals surface area contributed by atoms with Crippen molar-refractivity contribution in [2.24, 2.45) is 0 Å². The molecule has 1 aromatic rings. The third-order valence-corrected chi connectivity index (χ3v) is 4.30. The van der Waals surface area contributed by atoms with Crippen LogP contribution in [0.4, 0.5) is 5.82 Å². The van der Waals surface area contributed by atoms with Gasteiger partial charge in [-0.05, 0) is 0 Å². The molecule has 26 heavy (non-hydrogen) atoms. The summed E-state index contributed by atoms with van der Waals surface area (Å²) in [5.41, 5.74) is 5.66. The summed E-state index contributed by atoms with van der Waals surface area (Å²) in [7, 11) is 0. The van der Waals surface area contributed by atoms with Crippen molar-refractivity contribution in [2.45, 2.75) is 37.4 Å². The predicted molar refractivity (Wildman–Crippen MR) is 88.7 cm³/mol. The van der Waals surface area contributed by atoms with E-state index in [1.807, 2.05) is 0 Å². The van der Waals surface area contributed by atoms with E-state index >= 15 is 0 Å². The second-order valence-electron chi connectivity index (χ2n) is 5.71. The molecule has 0 spiro atoms. The molecule has 142 valence electrons. The average Bonchev–Trinajstić information content (AvgIpc) is 3.09. The standard InChI is InChI=1S/C15H17Cl2N3O6/c16-4-1-10(21)23-7-8-12(25-11(22)2-5-17)13-14(24-8)20-6-3-9(18)19-15(20)26-13/h3,6,8,12-14,18H,1-2,4-5,7H2/p+1/t8-,12-,13-,14-/m1/s1. The van der Waals surface area contributed by atoms with Crippen LogP contribution in [0.15, 0.2) is 12.3 Å². The fraction of sp³-hybridized carbons (Fsp3) is 0.600. The summed E-state index contributed by atoms with van der Waals surface area (Å²) in [4.78, 5) is 27.6.